The van der Waals surface area contributed by atoms with Crippen molar-refractivity contribution in [2.75, 3.05) is 31.0 Å². The minimum absolute atomic E-state index is 0.214. The number of anilines is 2. The van der Waals surface area contributed by atoms with Gasteiger partial charge in [0.15, 0.2) is 0 Å². The lowest BCUT2D eigenvalue weighted by molar-refractivity contribution is 0.107. The minimum atomic E-state index is -0.513. The third-order valence-electron chi connectivity index (χ3n) is 2.78. The number of benzene rings is 1. The minimum Gasteiger partial charge on any atom is -0.447 e. The highest BCUT2D eigenvalue weighted by molar-refractivity contribution is 5.85. The topological polar surface area (TPSA) is 85.6 Å². The zero-order chi connectivity index (χ0) is 15.8. The Labute approximate surface area is 128 Å². The SMILES string of the molecule is COCCOC(=O)Nc1cccc(NCc2cc(C)on2)c1. The van der Waals surface area contributed by atoms with Gasteiger partial charge in [0, 0.05) is 24.6 Å². The third-order valence-corrected chi connectivity index (χ3v) is 2.78. The lowest BCUT2D eigenvalue weighted by Crippen LogP contribution is -2.16. The van der Waals surface area contributed by atoms with Gasteiger partial charge in [-0.05, 0) is 25.1 Å². The van der Waals surface area contributed by atoms with Crippen LogP contribution in [0.1, 0.15) is 11.5 Å². The van der Waals surface area contributed by atoms with E-state index in [4.69, 9.17) is 14.0 Å². The summed E-state index contributed by atoms with van der Waals surface area (Å²) in [6, 6.07) is 9.19. The summed E-state index contributed by atoms with van der Waals surface area (Å²) in [5.74, 6) is 0.769. The van der Waals surface area contributed by atoms with E-state index in [-0.39, 0.29) is 6.61 Å². The molecule has 0 radical (unpaired) electrons. The second kappa shape index (κ2) is 8.04. The molecular weight excluding hydrogens is 286 g/mol. The fraction of sp³-hybridized carbons (Fsp3) is 0.333. The second-order valence-electron chi connectivity index (χ2n) is 4.62. The molecule has 1 aromatic heterocycles. The van der Waals surface area contributed by atoms with E-state index in [9.17, 15) is 4.79 Å². The van der Waals surface area contributed by atoms with Gasteiger partial charge in [0.25, 0.3) is 0 Å². The van der Waals surface area contributed by atoms with Crippen LogP contribution in [0, 0.1) is 6.92 Å². The van der Waals surface area contributed by atoms with Crippen LogP contribution in [0.2, 0.25) is 0 Å². The number of amides is 1. The maximum Gasteiger partial charge on any atom is 0.411 e. The summed E-state index contributed by atoms with van der Waals surface area (Å²) in [4.78, 5) is 11.5. The molecule has 2 rings (SSSR count). The number of carbonyl (C=O) groups is 1. The highest BCUT2D eigenvalue weighted by atomic mass is 16.6. The predicted molar refractivity (Wildman–Crippen MR) is 81.9 cm³/mol. The van der Waals surface area contributed by atoms with Crippen molar-refractivity contribution in [3.8, 4) is 0 Å². The van der Waals surface area contributed by atoms with Crippen LogP contribution in [-0.2, 0) is 16.0 Å². The normalized spacial score (nSPS) is 10.3. The van der Waals surface area contributed by atoms with E-state index in [1.807, 2.05) is 31.2 Å². The Kier molecular flexibility index (Phi) is 5.79. The number of hydrogen-bond donors (Lipinski definition) is 2. The first-order chi connectivity index (χ1) is 10.7. The zero-order valence-corrected chi connectivity index (χ0v) is 12.6. The van der Waals surface area contributed by atoms with Gasteiger partial charge in [-0.1, -0.05) is 11.2 Å². The molecule has 1 aromatic carbocycles. The molecule has 0 atom stereocenters. The van der Waals surface area contributed by atoms with Crippen LogP contribution in [0.3, 0.4) is 0 Å². The fourth-order valence-electron chi connectivity index (χ4n) is 1.77. The van der Waals surface area contributed by atoms with Crippen molar-refractivity contribution in [2.45, 2.75) is 13.5 Å². The molecule has 0 aliphatic carbocycles. The molecule has 0 spiro atoms. The molecule has 0 fully saturated rings. The summed E-state index contributed by atoms with van der Waals surface area (Å²) in [6.07, 6.45) is -0.513. The summed E-state index contributed by atoms with van der Waals surface area (Å²) in [5, 5.41) is 9.76. The van der Waals surface area contributed by atoms with Crippen LogP contribution >= 0.6 is 0 Å². The maximum absolute atomic E-state index is 11.5. The molecule has 2 N–H and O–H groups in total. The van der Waals surface area contributed by atoms with E-state index in [1.165, 1.54) is 0 Å². The molecule has 0 saturated heterocycles. The Hall–Kier alpha value is -2.54. The molecule has 0 aliphatic heterocycles. The quantitative estimate of drug-likeness (QED) is 0.765. The molecule has 7 heteroatoms. The van der Waals surface area contributed by atoms with Gasteiger partial charge in [-0.3, -0.25) is 5.32 Å². The van der Waals surface area contributed by atoms with Crippen molar-refractivity contribution in [1.29, 1.82) is 0 Å². The first kappa shape index (κ1) is 15.8. The number of nitrogens with one attached hydrogen (secondary N) is 2. The van der Waals surface area contributed by atoms with Crippen LogP contribution < -0.4 is 10.6 Å². The smallest absolute Gasteiger partial charge is 0.411 e. The van der Waals surface area contributed by atoms with Gasteiger partial charge in [0.2, 0.25) is 0 Å². The van der Waals surface area contributed by atoms with Gasteiger partial charge in [0.1, 0.15) is 18.1 Å². The van der Waals surface area contributed by atoms with Crippen LogP contribution in [0.15, 0.2) is 34.9 Å². The van der Waals surface area contributed by atoms with E-state index in [0.29, 0.717) is 18.8 Å². The van der Waals surface area contributed by atoms with Gasteiger partial charge < -0.3 is 19.3 Å². The third kappa shape index (κ3) is 5.10. The van der Waals surface area contributed by atoms with Crippen LogP contribution in [-0.4, -0.2) is 31.6 Å². The number of rotatable bonds is 7. The summed E-state index contributed by atoms with van der Waals surface area (Å²) in [7, 11) is 1.55. The van der Waals surface area contributed by atoms with Gasteiger partial charge >= 0.3 is 6.09 Å². The molecule has 118 valence electrons. The lowest BCUT2D eigenvalue weighted by Gasteiger charge is -2.09. The van der Waals surface area contributed by atoms with Crippen LogP contribution in [0.4, 0.5) is 16.2 Å². The lowest BCUT2D eigenvalue weighted by atomic mass is 10.2. The largest absolute Gasteiger partial charge is 0.447 e. The van der Waals surface area contributed by atoms with Crippen molar-refractivity contribution >= 4 is 17.5 Å². The predicted octanol–water partition coefficient (Wildman–Crippen LogP) is 2.79. The van der Waals surface area contributed by atoms with Crippen molar-refractivity contribution < 1.29 is 18.8 Å². The zero-order valence-electron chi connectivity index (χ0n) is 12.6. The Morgan fingerprint density at radius 3 is 2.82 bits per heavy atom. The van der Waals surface area contributed by atoms with Crippen molar-refractivity contribution in [3.63, 3.8) is 0 Å². The van der Waals surface area contributed by atoms with Crippen LogP contribution in [0.5, 0.6) is 0 Å². The first-order valence-corrected chi connectivity index (χ1v) is 6.86. The van der Waals surface area contributed by atoms with Gasteiger partial charge in [-0.25, -0.2) is 4.79 Å². The monoisotopic (exact) mass is 305 g/mol. The number of ether oxygens (including phenoxy) is 2. The van der Waals surface area contributed by atoms with Crippen LogP contribution in [0.25, 0.3) is 0 Å². The molecule has 1 amide bonds. The van der Waals surface area contributed by atoms with Crippen molar-refractivity contribution in [1.82, 2.24) is 5.16 Å². The average Bonchev–Trinajstić information content (AvgIpc) is 2.91. The molecule has 7 nitrogen and oxygen atoms in total. The van der Waals surface area contributed by atoms with E-state index in [0.717, 1.165) is 17.1 Å². The molecule has 0 bridgehead atoms. The molecule has 0 unspecified atom stereocenters. The maximum atomic E-state index is 11.5. The summed E-state index contributed by atoms with van der Waals surface area (Å²) >= 11 is 0. The van der Waals surface area contributed by atoms with Crippen molar-refractivity contribution in [3.05, 3.63) is 41.8 Å². The van der Waals surface area contributed by atoms with E-state index in [1.54, 1.807) is 13.2 Å². The number of aryl methyl sites for hydroxylation is 1. The van der Waals surface area contributed by atoms with Gasteiger partial charge in [0.05, 0.1) is 13.2 Å². The van der Waals surface area contributed by atoms with Gasteiger partial charge in [-0.2, -0.15) is 0 Å². The molecule has 22 heavy (non-hydrogen) atoms. The van der Waals surface area contributed by atoms with Crippen molar-refractivity contribution in [2.24, 2.45) is 0 Å². The van der Waals surface area contributed by atoms with E-state index < -0.39 is 6.09 Å². The number of hydrogen-bond acceptors (Lipinski definition) is 6. The summed E-state index contributed by atoms with van der Waals surface area (Å²) in [6.45, 7) is 2.97. The first-order valence-electron chi connectivity index (χ1n) is 6.86. The van der Waals surface area contributed by atoms with Gasteiger partial charge in [-0.15, -0.1) is 0 Å². The molecule has 2 aromatic rings. The highest BCUT2D eigenvalue weighted by Crippen LogP contribution is 2.16. The number of nitrogens with zero attached hydrogens (tertiary/aromatic N) is 1. The molecular formula is C15H19N3O4. The summed E-state index contributed by atoms with van der Waals surface area (Å²) < 4.78 is 14.8. The molecule has 1 heterocycles. The number of aromatic nitrogens is 1. The second-order valence-corrected chi connectivity index (χ2v) is 4.62. The Morgan fingerprint density at radius 1 is 1.27 bits per heavy atom. The summed E-state index contributed by atoms with van der Waals surface area (Å²) in [5.41, 5.74) is 2.31. The molecule has 0 saturated carbocycles. The Morgan fingerprint density at radius 2 is 2.09 bits per heavy atom. The Balaban J connectivity index is 1.85. The number of carbonyl (C=O) groups excluding carboxylic acids is 1. The standard InChI is InChI=1S/C15H19N3O4/c1-11-8-14(18-22-11)10-16-12-4-3-5-13(9-12)17-15(19)21-7-6-20-2/h3-5,8-9,16H,6-7,10H2,1-2H3,(H,17,19). The number of methoxy groups -OCH3 is 1. The Bertz CT molecular complexity index is 612. The highest BCUT2D eigenvalue weighted by Gasteiger charge is 2.04. The average molecular weight is 305 g/mol. The fourth-order valence-corrected chi connectivity index (χ4v) is 1.77. The van der Waals surface area contributed by atoms with E-state index in [2.05, 4.69) is 15.8 Å². The van der Waals surface area contributed by atoms with E-state index >= 15 is 0 Å². The molecule has 0 aliphatic rings.